The number of rotatable bonds is 4. The maximum atomic E-state index is 13.4. The number of amides is 1. The van der Waals surface area contributed by atoms with E-state index in [2.05, 4.69) is 4.90 Å². The van der Waals surface area contributed by atoms with E-state index in [1.165, 1.54) is 6.26 Å². The fourth-order valence-electron chi connectivity index (χ4n) is 6.12. The van der Waals surface area contributed by atoms with Crippen molar-refractivity contribution in [3.05, 3.63) is 0 Å². The lowest BCUT2D eigenvalue weighted by Gasteiger charge is -2.47. The molecule has 4 rings (SSSR count). The number of alkyl halides is 3. The molecule has 35 heavy (non-hydrogen) atoms. The first-order chi connectivity index (χ1) is 16.2. The number of hydrogen-bond acceptors (Lipinski definition) is 6. The Labute approximate surface area is 204 Å². The predicted octanol–water partition coefficient (Wildman–Crippen LogP) is 1.64. The van der Waals surface area contributed by atoms with Gasteiger partial charge < -0.3 is 19.6 Å². The number of aliphatic carboxylic acids is 1. The molecule has 0 bridgehead atoms. The fourth-order valence-corrected chi connectivity index (χ4v) is 7.06. The molecule has 4 fully saturated rings. The highest BCUT2D eigenvalue weighted by molar-refractivity contribution is 7.88. The van der Waals surface area contributed by atoms with Crippen LogP contribution in [-0.2, 0) is 24.3 Å². The first kappa shape index (κ1) is 28.1. The maximum absolute atomic E-state index is 13.4. The van der Waals surface area contributed by atoms with Crippen LogP contribution >= 0.6 is 0 Å². The van der Waals surface area contributed by atoms with Crippen LogP contribution in [0, 0.1) is 16.7 Å². The number of carbonyl (C=O) groups is 2. The number of sulfonamides is 1. The van der Waals surface area contributed by atoms with E-state index in [0.717, 1.165) is 71.5 Å². The second-order valence-corrected chi connectivity index (χ2v) is 12.2. The highest BCUT2D eigenvalue weighted by Crippen LogP contribution is 2.58. The fraction of sp³-hybridized carbons (Fsp3) is 0.909. The Hall–Kier alpha value is -1.44. The quantitative estimate of drug-likeness (QED) is 0.592. The molecule has 4 aliphatic rings. The van der Waals surface area contributed by atoms with E-state index in [1.54, 1.807) is 4.31 Å². The predicted molar refractivity (Wildman–Crippen MR) is 121 cm³/mol. The Morgan fingerprint density at radius 3 is 2.14 bits per heavy atom. The molecule has 0 saturated carbocycles. The van der Waals surface area contributed by atoms with Gasteiger partial charge in [0.2, 0.25) is 15.9 Å². The van der Waals surface area contributed by atoms with Crippen LogP contribution in [0.25, 0.3) is 0 Å². The van der Waals surface area contributed by atoms with Crippen LogP contribution in [0.3, 0.4) is 0 Å². The zero-order valence-electron chi connectivity index (χ0n) is 20.3. The Kier molecular flexibility index (Phi) is 8.45. The molecule has 1 N–H and O–H groups in total. The smallest absolute Gasteiger partial charge is 0.475 e. The average Bonchev–Trinajstić information content (AvgIpc) is 3.29. The van der Waals surface area contributed by atoms with Gasteiger partial charge in [-0.05, 0) is 58.0 Å². The summed E-state index contributed by atoms with van der Waals surface area (Å²) >= 11 is 0. The van der Waals surface area contributed by atoms with Crippen LogP contribution < -0.4 is 0 Å². The van der Waals surface area contributed by atoms with Gasteiger partial charge in [0.25, 0.3) is 0 Å². The van der Waals surface area contributed by atoms with Gasteiger partial charge in [-0.2, -0.15) is 13.2 Å². The molecule has 1 unspecified atom stereocenters. The first-order valence-electron chi connectivity index (χ1n) is 12.1. The lowest BCUT2D eigenvalue weighted by atomic mass is 9.60. The van der Waals surface area contributed by atoms with Gasteiger partial charge in [-0.3, -0.25) is 4.79 Å². The molecule has 4 aliphatic heterocycles. The Morgan fingerprint density at radius 1 is 1.11 bits per heavy atom. The van der Waals surface area contributed by atoms with Crippen LogP contribution in [0.15, 0.2) is 0 Å². The number of likely N-dealkylation sites (tertiary alicyclic amines) is 2. The van der Waals surface area contributed by atoms with E-state index in [9.17, 15) is 26.4 Å². The van der Waals surface area contributed by atoms with Crippen LogP contribution in [0.1, 0.15) is 39.0 Å². The number of carboxylic acid groups (broad SMARTS) is 1. The number of fused-ring (bicyclic) bond motifs is 1. The zero-order valence-corrected chi connectivity index (χ0v) is 21.2. The van der Waals surface area contributed by atoms with Crippen molar-refractivity contribution in [2.24, 2.45) is 16.7 Å². The van der Waals surface area contributed by atoms with Crippen molar-refractivity contribution < 1.29 is 41.0 Å². The van der Waals surface area contributed by atoms with Crippen LogP contribution in [-0.4, -0.2) is 111 Å². The lowest BCUT2D eigenvalue weighted by Crippen LogP contribution is -2.53. The summed E-state index contributed by atoms with van der Waals surface area (Å²) in [6.07, 6.45) is 1.12. The molecule has 4 heterocycles. The van der Waals surface area contributed by atoms with Crippen molar-refractivity contribution in [3.8, 4) is 0 Å². The van der Waals surface area contributed by atoms with Gasteiger partial charge in [0.1, 0.15) is 0 Å². The van der Waals surface area contributed by atoms with Gasteiger partial charge in [-0.1, -0.05) is 0 Å². The molecule has 0 aromatic carbocycles. The molecule has 4 saturated heterocycles. The van der Waals surface area contributed by atoms with E-state index in [4.69, 9.17) is 14.6 Å². The third-order valence-corrected chi connectivity index (χ3v) is 9.41. The van der Waals surface area contributed by atoms with Crippen molar-refractivity contribution in [1.82, 2.24) is 14.1 Å². The van der Waals surface area contributed by atoms with Gasteiger partial charge in [0.05, 0.1) is 11.7 Å². The van der Waals surface area contributed by atoms with Crippen molar-refractivity contribution in [1.29, 1.82) is 0 Å². The summed E-state index contributed by atoms with van der Waals surface area (Å²) in [5.41, 5.74) is -0.722. The minimum absolute atomic E-state index is 0.194. The van der Waals surface area contributed by atoms with E-state index >= 15 is 0 Å². The molecular weight excluding hydrogens is 491 g/mol. The SMILES string of the molecule is CCN1CCC2(CN(S(C)(=O)=O)CC23CCN(CC2CCOCC2)CC3)C1=O.O=C(O)C(F)(F)F. The largest absolute Gasteiger partial charge is 0.490 e. The molecule has 13 heteroatoms. The summed E-state index contributed by atoms with van der Waals surface area (Å²) in [4.78, 5) is 26.7. The van der Waals surface area contributed by atoms with Gasteiger partial charge in [0, 0.05) is 51.4 Å². The van der Waals surface area contributed by atoms with Crippen LogP contribution in [0.4, 0.5) is 13.2 Å². The minimum atomic E-state index is -5.08. The van der Waals surface area contributed by atoms with Crippen molar-refractivity contribution in [3.63, 3.8) is 0 Å². The van der Waals surface area contributed by atoms with E-state index in [0.29, 0.717) is 25.6 Å². The van der Waals surface area contributed by atoms with Gasteiger partial charge in [-0.25, -0.2) is 17.5 Å². The maximum Gasteiger partial charge on any atom is 0.490 e. The summed E-state index contributed by atoms with van der Waals surface area (Å²) in [7, 11) is -3.29. The molecule has 2 spiro atoms. The van der Waals surface area contributed by atoms with Crippen molar-refractivity contribution in [2.75, 3.05) is 65.3 Å². The number of hydrogen-bond donors (Lipinski definition) is 1. The van der Waals surface area contributed by atoms with Crippen LogP contribution in [0.5, 0.6) is 0 Å². The Balaban J connectivity index is 0.000000429. The summed E-state index contributed by atoms with van der Waals surface area (Å²) in [6.45, 7) is 9.17. The van der Waals surface area contributed by atoms with Gasteiger partial charge >= 0.3 is 12.1 Å². The number of piperidine rings is 1. The summed E-state index contributed by atoms with van der Waals surface area (Å²) < 4.78 is 63.5. The molecule has 9 nitrogen and oxygen atoms in total. The summed E-state index contributed by atoms with van der Waals surface area (Å²) in [5.74, 6) is -1.86. The number of ether oxygens (including phenoxy) is 1. The molecule has 202 valence electrons. The average molecular weight is 528 g/mol. The number of nitrogens with zero attached hydrogens (tertiary/aromatic N) is 3. The second-order valence-electron chi connectivity index (χ2n) is 10.2. The standard InChI is InChI=1S/C20H35N3O4S.C2HF3O2/c1-3-22-11-8-20(18(22)24)16-23(28(2,25)26)15-19(20)6-9-21(10-7-19)14-17-4-12-27-13-5-17;3-2(4,5)1(6)7/h17H,3-16H2,1-2H3;(H,6,7). The minimum Gasteiger partial charge on any atom is -0.475 e. The van der Waals surface area contributed by atoms with Crippen molar-refractivity contribution in [2.45, 2.75) is 45.2 Å². The van der Waals surface area contributed by atoms with E-state index in [1.807, 2.05) is 11.8 Å². The van der Waals surface area contributed by atoms with E-state index in [-0.39, 0.29) is 11.3 Å². The molecule has 0 aromatic rings. The number of halogens is 3. The van der Waals surface area contributed by atoms with Gasteiger partial charge in [0.15, 0.2) is 0 Å². The molecule has 1 atom stereocenters. The second kappa shape index (κ2) is 10.5. The summed E-state index contributed by atoms with van der Waals surface area (Å²) in [5, 5.41) is 7.12. The monoisotopic (exact) mass is 527 g/mol. The Bertz CT molecular complexity index is 885. The normalized spacial score (nSPS) is 28.5. The lowest BCUT2D eigenvalue weighted by molar-refractivity contribution is -0.192. The molecule has 1 amide bonds. The topological polar surface area (TPSA) is 107 Å². The van der Waals surface area contributed by atoms with Gasteiger partial charge in [-0.15, -0.1) is 0 Å². The number of carboxylic acids is 1. The Morgan fingerprint density at radius 2 is 1.69 bits per heavy atom. The molecule has 0 aromatic heterocycles. The zero-order chi connectivity index (χ0) is 26.1. The highest BCUT2D eigenvalue weighted by Gasteiger charge is 2.66. The number of carbonyl (C=O) groups excluding carboxylic acids is 1. The molecular formula is C22H36F3N3O6S. The first-order valence-corrected chi connectivity index (χ1v) is 13.9. The third-order valence-electron chi connectivity index (χ3n) is 8.21. The molecule has 0 radical (unpaired) electrons. The molecule has 0 aliphatic carbocycles. The summed E-state index contributed by atoms with van der Waals surface area (Å²) in [6, 6.07) is 0. The van der Waals surface area contributed by atoms with E-state index < -0.39 is 27.6 Å². The highest BCUT2D eigenvalue weighted by atomic mass is 32.2. The van der Waals surface area contributed by atoms with Crippen LogP contribution in [0.2, 0.25) is 0 Å². The third kappa shape index (κ3) is 5.94. The van der Waals surface area contributed by atoms with Crippen molar-refractivity contribution >= 4 is 21.9 Å².